The molecule has 0 radical (unpaired) electrons. The van der Waals surface area contributed by atoms with Crippen molar-refractivity contribution in [2.24, 2.45) is 0 Å². The third-order valence-corrected chi connectivity index (χ3v) is 3.38. The minimum Gasteiger partial charge on any atom is -0.369 e. The largest absolute Gasteiger partial charge is 0.369 e. The number of anilines is 2. The van der Waals surface area contributed by atoms with Crippen molar-refractivity contribution < 1.29 is 0 Å². The molecule has 4 nitrogen and oxygen atoms in total. The third kappa shape index (κ3) is 3.95. The Morgan fingerprint density at radius 1 is 1.47 bits per heavy atom. The highest BCUT2D eigenvalue weighted by atomic mass is 32.2. The summed E-state index contributed by atoms with van der Waals surface area (Å²) in [5.41, 5.74) is 0. The van der Waals surface area contributed by atoms with Gasteiger partial charge >= 0.3 is 0 Å². The lowest BCUT2D eigenvalue weighted by molar-refractivity contribution is 0.750. The maximum atomic E-state index is 4.29. The first-order valence-corrected chi connectivity index (χ1v) is 6.10. The Balaban J connectivity index is 2.57. The summed E-state index contributed by atoms with van der Waals surface area (Å²) in [6.07, 6.45) is 3.86. The van der Waals surface area contributed by atoms with Crippen LogP contribution in [0.1, 0.15) is 13.8 Å². The molecule has 5 heteroatoms. The molecule has 0 unspecified atom stereocenters. The molecule has 0 aliphatic rings. The van der Waals surface area contributed by atoms with Gasteiger partial charge in [-0.3, -0.25) is 0 Å². The number of hydrogen-bond acceptors (Lipinski definition) is 5. The van der Waals surface area contributed by atoms with E-state index in [2.05, 4.69) is 40.7 Å². The van der Waals surface area contributed by atoms with E-state index in [9.17, 15) is 0 Å². The van der Waals surface area contributed by atoms with Crippen LogP contribution in [0.2, 0.25) is 0 Å². The highest BCUT2D eigenvalue weighted by Gasteiger charge is 2.15. The molecule has 0 aliphatic carbocycles. The van der Waals surface area contributed by atoms with Gasteiger partial charge in [-0.2, -0.15) is 16.7 Å². The van der Waals surface area contributed by atoms with Crippen LogP contribution in [-0.2, 0) is 0 Å². The topological polar surface area (TPSA) is 49.8 Å². The summed E-state index contributed by atoms with van der Waals surface area (Å²) in [5.74, 6) is 1.50. The lowest BCUT2D eigenvalue weighted by atomic mass is 10.2. The predicted molar refractivity (Wildman–Crippen MR) is 67.7 cm³/mol. The van der Waals surface area contributed by atoms with Crippen LogP contribution in [0.15, 0.2) is 12.3 Å². The molecule has 0 atom stereocenters. The van der Waals surface area contributed by atoms with Crippen molar-refractivity contribution in [3.05, 3.63) is 12.3 Å². The fourth-order valence-corrected chi connectivity index (χ4v) is 1.17. The van der Waals surface area contributed by atoms with E-state index < -0.39 is 0 Å². The second kappa shape index (κ2) is 5.21. The van der Waals surface area contributed by atoms with Crippen molar-refractivity contribution in [2.45, 2.75) is 18.6 Å². The molecule has 1 rings (SSSR count). The summed E-state index contributed by atoms with van der Waals surface area (Å²) in [6.45, 7) is 5.28. The second-order valence-electron chi connectivity index (χ2n) is 3.83. The van der Waals surface area contributed by atoms with Gasteiger partial charge in [0.25, 0.3) is 0 Å². The predicted octanol–water partition coefficient (Wildman–Crippen LogP) is 2.07. The summed E-state index contributed by atoms with van der Waals surface area (Å²) < 4.78 is 0.213. The van der Waals surface area contributed by atoms with Crippen molar-refractivity contribution >= 4 is 23.5 Å². The van der Waals surface area contributed by atoms with Gasteiger partial charge in [0.05, 0.1) is 0 Å². The standard InChI is InChI=1S/C10H18N4S/c1-10(2,15-4)7-13-8-5-6-12-9(11-3)14-8/h5-6H,7H2,1-4H3,(H2,11,12,13,14). The molecule has 0 aromatic carbocycles. The third-order valence-electron chi connectivity index (χ3n) is 2.13. The molecule has 0 saturated carbocycles. The van der Waals surface area contributed by atoms with Crippen molar-refractivity contribution in [2.75, 3.05) is 30.5 Å². The molecule has 1 aromatic heterocycles. The van der Waals surface area contributed by atoms with Gasteiger partial charge in [0.15, 0.2) is 0 Å². The van der Waals surface area contributed by atoms with E-state index in [1.165, 1.54) is 0 Å². The normalized spacial score (nSPS) is 11.2. The van der Waals surface area contributed by atoms with Crippen molar-refractivity contribution in [3.8, 4) is 0 Å². The zero-order valence-corrected chi connectivity index (χ0v) is 10.5. The Morgan fingerprint density at radius 3 is 2.80 bits per heavy atom. The van der Waals surface area contributed by atoms with Crippen molar-refractivity contribution in [3.63, 3.8) is 0 Å². The molecule has 0 bridgehead atoms. The fourth-order valence-electron chi connectivity index (χ4n) is 0.953. The molecule has 0 saturated heterocycles. The molecule has 1 heterocycles. The first kappa shape index (κ1) is 12.1. The van der Waals surface area contributed by atoms with Gasteiger partial charge in [0, 0.05) is 24.5 Å². The quantitative estimate of drug-likeness (QED) is 0.805. The van der Waals surface area contributed by atoms with Gasteiger partial charge in [-0.15, -0.1) is 0 Å². The van der Waals surface area contributed by atoms with Crippen LogP contribution in [0.3, 0.4) is 0 Å². The number of rotatable bonds is 5. The first-order valence-electron chi connectivity index (χ1n) is 4.87. The van der Waals surface area contributed by atoms with E-state index in [4.69, 9.17) is 0 Å². The van der Waals surface area contributed by atoms with Crippen LogP contribution in [-0.4, -0.2) is 34.6 Å². The number of nitrogens with one attached hydrogen (secondary N) is 2. The zero-order valence-electron chi connectivity index (χ0n) is 9.66. The van der Waals surface area contributed by atoms with E-state index in [-0.39, 0.29) is 4.75 Å². The Labute approximate surface area is 95.3 Å². The van der Waals surface area contributed by atoms with Gasteiger partial charge in [0.2, 0.25) is 5.95 Å². The van der Waals surface area contributed by atoms with Crippen LogP contribution in [0, 0.1) is 0 Å². The average Bonchev–Trinajstić information content (AvgIpc) is 2.27. The lowest BCUT2D eigenvalue weighted by Crippen LogP contribution is -2.26. The molecule has 2 N–H and O–H groups in total. The van der Waals surface area contributed by atoms with Gasteiger partial charge in [-0.25, -0.2) is 4.98 Å². The van der Waals surface area contributed by atoms with Gasteiger partial charge in [-0.05, 0) is 26.2 Å². The van der Waals surface area contributed by atoms with E-state index in [0.717, 1.165) is 12.4 Å². The van der Waals surface area contributed by atoms with Gasteiger partial charge < -0.3 is 10.6 Å². The lowest BCUT2D eigenvalue weighted by Gasteiger charge is -2.22. The van der Waals surface area contributed by atoms with Crippen LogP contribution in [0.4, 0.5) is 11.8 Å². The fraction of sp³-hybridized carbons (Fsp3) is 0.600. The molecule has 1 aromatic rings. The second-order valence-corrected chi connectivity index (χ2v) is 5.35. The summed E-state index contributed by atoms with van der Waals surface area (Å²) in [6, 6.07) is 1.87. The summed E-state index contributed by atoms with van der Waals surface area (Å²) in [4.78, 5) is 8.34. The van der Waals surface area contributed by atoms with E-state index in [1.54, 1.807) is 6.20 Å². The summed E-state index contributed by atoms with van der Waals surface area (Å²) in [7, 11) is 1.81. The van der Waals surface area contributed by atoms with Gasteiger partial charge in [0.1, 0.15) is 5.82 Å². The Bertz CT molecular complexity index is 314. The molecule has 15 heavy (non-hydrogen) atoms. The molecular weight excluding hydrogens is 208 g/mol. The monoisotopic (exact) mass is 226 g/mol. The van der Waals surface area contributed by atoms with Crippen LogP contribution >= 0.6 is 11.8 Å². The summed E-state index contributed by atoms with van der Waals surface area (Å²) in [5, 5.41) is 6.21. The smallest absolute Gasteiger partial charge is 0.224 e. The number of aromatic nitrogens is 2. The average molecular weight is 226 g/mol. The summed E-state index contributed by atoms with van der Waals surface area (Å²) >= 11 is 1.83. The molecule has 0 amide bonds. The zero-order chi connectivity index (χ0) is 11.3. The van der Waals surface area contributed by atoms with Crippen LogP contribution < -0.4 is 10.6 Å². The highest BCUT2D eigenvalue weighted by molar-refractivity contribution is 7.99. The Kier molecular flexibility index (Phi) is 4.20. The first-order chi connectivity index (χ1) is 7.07. The Hall–Kier alpha value is -0.970. The Morgan fingerprint density at radius 2 is 2.20 bits per heavy atom. The highest BCUT2D eigenvalue weighted by Crippen LogP contribution is 2.21. The molecule has 0 aliphatic heterocycles. The van der Waals surface area contributed by atoms with E-state index >= 15 is 0 Å². The molecule has 0 fully saturated rings. The number of thioether (sulfide) groups is 1. The van der Waals surface area contributed by atoms with Crippen molar-refractivity contribution in [1.29, 1.82) is 0 Å². The SMILES string of the molecule is CNc1nccc(NCC(C)(C)SC)n1. The van der Waals surface area contributed by atoms with Crippen LogP contribution in [0.5, 0.6) is 0 Å². The molecule has 0 spiro atoms. The molecular formula is C10H18N4S. The maximum absolute atomic E-state index is 4.29. The van der Waals surface area contributed by atoms with E-state index in [0.29, 0.717) is 5.95 Å². The van der Waals surface area contributed by atoms with Crippen molar-refractivity contribution in [1.82, 2.24) is 9.97 Å². The maximum Gasteiger partial charge on any atom is 0.224 e. The minimum absolute atomic E-state index is 0.213. The van der Waals surface area contributed by atoms with Crippen LogP contribution in [0.25, 0.3) is 0 Å². The minimum atomic E-state index is 0.213. The van der Waals surface area contributed by atoms with E-state index in [1.807, 2.05) is 24.9 Å². The molecule has 84 valence electrons. The number of hydrogen-bond donors (Lipinski definition) is 2. The van der Waals surface area contributed by atoms with Gasteiger partial charge in [-0.1, -0.05) is 0 Å². The number of nitrogens with zero attached hydrogens (tertiary/aromatic N) is 2.